The van der Waals surface area contributed by atoms with E-state index < -0.39 is 0 Å². The quantitative estimate of drug-likeness (QED) is 0.781. The minimum atomic E-state index is 0.128. The van der Waals surface area contributed by atoms with Crippen molar-refractivity contribution < 1.29 is 0 Å². The first kappa shape index (κ1) is 12.4. The zero-order chi connectivity index (χ0) is 11.6. The Morgan fingerprint density at radius 3 is 2.38 bits per heavy atom. The Morgan fingerprint density at radius 2 is 1.75 bits per heavy atom. The SMILES string of the molecule is CC(C)N1CCCCC1C1(N)CCCCC1. The first-order valence-electron chi connectivity index (χ1n) is 7.18. The number of piperidine rings is 1. The van der Waals surface area contributed by atoms with Gasteiger partial charge in [0.25, 0.3) is 0 Å². The lowest BCUT2D eigenvalue weighted by atomic mass is 9.73. The van der Waals surface area contributed by atoms with Crippen molar-refractivity contribution in [3.8, 4) is 0 Å². The van der Waals surface area contributed by atoms with Gasteiger partial charge in [0.15, 0.2) is 0 Å². The Labute approximate surface area is 101 Å². The second kappa shape index (κ2) is 5.05. The molecule has 0 amide bonds. The molecule has 2 heteroatoms. The van der Waals surface area contributed by atoms with E-state index in [1.165, 1.54) is 57.9 Å². The van der Waals surface area contributed by atoms with Gasteiger partial charge in [-0.25, -0.2) is 0 Å². The highest BCUT2D eigenvalue weighted by atomic mass is 15.2. The molecule has 1 aliphatic carbocycles. The normalized spacial score (nSPS) is 31.9. The van der Waals surface area contributed by atoms with Crippen molar-refractivity contribution in [2.24, 2.45) is 5.73 Å². The van der Waals surface area contributed by atoms with Crippen molar-refractivity contribution in [1.82, 2.24) is 4.90 Å². The molecule has 1 aliphatic heterocycles. The molecule has 1 atom stereocenters. The Balaban J connectivity index is 2.09. The summed E-state index contributed by atoms with van der Waals surface area (Å²) in [6.07, 6.45) is 10.7. The molecule has 1 saturated heterocycles. The lowest BCUT2D eigenvalue weighted by Crippen LogP contribution is -2.62. The van der Waals surface area contributed by atoms with Crippen LogP contribution in [0.2, 0.25) is 0 Å². The maximum absolute atomic E-state index is 6.72. The predicted molar refractivity (Wildman–Crippen MR) is 69.5 cm³/mol. The second-order valence-corrected chi connectivity index (χ2v) is 6.14. The van der Waals surface area contributed by atoms with Crippen LogP contribution < -0.4 is 5.73 Å². The molecular weight excluding hydrogens is 196 g/mol. The topological polar surface area (TPSA) is 29.3 Å². The minimum Gasteiger partial charge on any atom is -0.324 e. The maximum Gasteiger partial charge on any atom is 0.0312 e. The van der Waals surface area contributed by atoms with Gasteiger partial charge in [0.2, 0.25) is 0 Å². The third kappa shape index (κ3) is 2.43. The number of nitrogens with two attached hydrogens (primary N) is 1. The van der Waals surface area contributed by atoms with E-state index in [2.05, 4.69) is 18.7 Å². The summed E-state index contributed by atoms with van der Waals surface area (Å²) < 4.78 is 0. The second-order valence-electron chi connectivity index (χ2n) is 6.14. The van der Waals surface area contributed by atoms with Crippen LogP contribution in [0.25, 0.3) is 0 Å². The minimum absolute atomic E-state index is 0.128. The molecular formula is C14H28N2. The van der Waals surface area contributed by atoms with Crippen LogP contribution in [0.15, 0.2) is 0 Å². The molecule has 0 aromatic rings. The molecule has 1 heterocycles. The average molecular weight is 224 g/mol. The number of nitrogens with zero attached hydrogens (tertiary/aromatic N) is 1. The van der Waals surface area contributed by atoms with Crippen LogP contribution >= 0.6 is 0 Å². The molecule has 0 aromatic carbocycles. The van der Waals surface area contributed by atoms with Crippen molar-refractivity contribution in [3.05, 3.63) is 0 Å². The van der Waals surface area contributed by atoms with Crippen LogP contribution in [-0.4, -0.2) is 29.1 Å². The summed E-state index contributed by atoms with van der Waals surface area (Å²) in [4.78, 5) is 2.68. The van der Waals surface area contributed by atoms with Crippen molar-refractivity contribution in [2.75, 3.05) is 6.54 Å². The molecule has 2 fully saturated rings. The van der Waals surface area contributed by atoms with Gasteiger partial charge in [-0.05, 0) is 46.1 Å². The molecule has 1 unspecified atom stereocenters. The Morgan fingerprint density at radius 1 is 1.06 bits per heavy atom. The Kier molecular flexibility index (Phi) is 3.91. The van der Waals surface area contributed by atoms with Gasteiger partial charge in [0.1, 0.15) is 0 Å². The molecule has 2 rings (SSSR count). The molecule has 2 N–H and O–H groups in total. The number of hydrogen-bond acceptors (Lipinski definition) is 2. The van der Waals surface area contributed by atoms with Crippen molar-refractivity contribution in [3.63, 3.8) is 0 Å². The summed E-state index contributed by atoms with van der Waals surface area (Å²) in [7, 11) is 0. The number of hydrogen-bond donors (Lipinski definition) is 1. The average Bonchev–Trinajstić information content (AvgIpc) is 2.30. The van der Waals surface area contributed by atoms with Gasteiger partial charge < -0.3 is 5.73 Å². The van der Waals surface area contributed by atoms with E-state index >= 15 is 0 Å². The van der Waals surface area contributed by atoms with Gasteiger partial charge in [-0.15, -0.1) is 0 Å². The summed E-state index contributed by atoms with van der Waals surface area (Å²) in [5.41, 5.74) is 6.85. The summed E-state index contributed by atoms with van der Waals surface area (Å²) in [6.45, 7) is 5.91. The molecule has 16 heavy (non-hydrogen) atoms. The first-order chi connectivity index (χ1) is 7.63. The van der Waals surface area contributed by atoms with Crippen molar-refractivity contribution in [1.29, 1.82) is 0 Å². The molecule has 0 bridgehead atoms. The van der Waals surface area contributed by atoms with Crippen LogP contribution in [0.5, 0.6) is 0 Å². The molecule has 2 aliphatic rings. The van der Waals surface area contributed by atoms with Crippen molar-refractivity contribution in [2.45, 2.75) is 82.8 Å². The first-order valence-corrected chi connectivity index (χ1v) is 7.18. The third-order valence-corrected chi connectivity index (χ3v) is 4.66. The van der Waals surface area contributed by atoms with Gasteiger partial charge in [-0.3, -0.25) is 4.90 Å². The van der Waals surface area contributed by atoms with Gasteiger partial charge in [0.05, 0.1) is 0 Å². The van der Waals surface area contributed by atoms with Crippen LogP contribution in [0.4, 0.5) is 0 Å². The molecule has 0 spiro atoms. The summed E-state index contributed by atoms with van der Waals surface area (Å²) >= 11 is 0. The highest BCUT2D eigenvalue weighted by molar-refractivity contribution is 5.01. The zero-order valence-electron chi connectivity index (χ0n) is 11.0. The zero-order valence-corrected chi connectivity index (χ0v) is 11.0. The maximum atomic E-state index is 6.72. The van der Waals surface area contributed by atoms with Gasteiger partial charge in [-0.1, -0.05) is 25.7 Å². The van der Waals surface area contributed by atoms with Gasteiger partial charge >= 0.3 is 0 Å². The van der Waals surface area contributed by atoms with Gasteiger partial charge in [-0.2, -0.15) is 0 Å². The van der Waals surface area contributed by atoms with E-state index in [4.69, 9.17) is 5.73 Å². The smallest absolute Gasteiger partial charge is 0.0312 e. The number of rotatable bonds is 2. The van der Waals surface area contributed by atoms with Crippen LogP contribution in [0, 0.1) is 0 Å². The van der Waals surface area contributed by atoms with Crippen LogP contribution in [0.1, 0.15) is 65.2 Å². The highest BCUT2D eigenvalue weighted by Gasteiger charge is 2.40. The third-order valence-electron chi connectivity index (χ3n) is 4.66. The lowest BCUT2D eigenvalue weighted by Gasteiger charge is -2.50. The van der Waals surface area contributed by atoms with E-state index in [-0.39, 0.29) is 5.54 Å². The Hall–Kier alpha value is -0.0800. The molecule has 1 saturated carbocycles. The standard InChI is InChI=1S/C14H28N2/c1-12(2)16-11-7-4-8-13(16)14(15)9-5-3-6-10-14/h12-13H,3-11,15H2,1-2H3. The molecule has 0 radical (unpaired) electrons. The van der Waals surface area contributed by atoms with Crippen LogP contribution in [-0.2, 0) is 0 Å². The van der Waals surface area contributed by atoms with Gasteiger partial charge in [0, 0.05) is 17.6 Å². The largest absolute Gasteiger partial charge is 0.324 e. The summed E-state index contributed by atoms with van der Waals surface area (Å²) in [5.74, 6) is 0. The van der Waals surface area contributed by atoms with E-state index in [1.807, 2.05) is 0 Å². The van der Waals surface area contributed by atoms with E-state index in [0.717, 1.165) is 0 Å². The summed E-state index contributed by atoms with van der Waals surface area (Å²) in [5, 5.41) is 0. The van der Waals surface area contributed by atoms with E-state index in [1.54, 1.807) is 0 Å². The van der Waals surface area contributed by atoms with Crippen LogP contribution in [0.3, 0.4) is 0 Å². The number of likely N-dealkylation sites (tertiary alicyclic amines) is 1. The molecule has 94 valence electrons. The van der Waals surface area contributed by atoms with E-state index in [9.17, 15) is 0 Å². The fourth-order valence-electron chi connectivity index (χ4n) is 3.73. The molecule has 0 aromatic heterocycles. The lowest BCUT2D eigenvalue weighted by molar-refractivity contribution is 0.0378. The molecule has 2 nitrogen and oxygen atoms in total. The Bertz CT molecular complexity index is 219. The van der Waals surface area contributed by atoms with E-state index in [0.29, 0.717) is 12.1 Å². The fourth-order valence-corrected chi connectivity index (χ4v) is 3.73. The van der Waals surface area contributed by atoms with Crippen molar-refractivity contribution >= 4 is 0 Å². The summed E-state index contributed by atoms with van der Waals surface area (Å²) in [6, 6.07) is 1.31. The fraction of sp³-hybridized carbons (Fsp3) is 1.00. The predicted octanol–water partition coefficient (Wildman–Crippen LogP) is 2.91. The highest BCUT2D eigenvalue weighted by Crippen LogP contribution is 2.36. The monoisotopic (exact) mass is 224 g/mol.